The monoisotopic (exact) mass is 408 g/mol. The zero-order valence-electron chi connectivity index (χ0n) is 17.4. The summed E-state index contributed by atoms with van der Waals surface area (Å²) in [7, 11) is 0. The van der Waals surface area contributed by atoms with E-state index in [2.05, 4.69) is 6.07 Å². The first-order valence-corrected chi connectivity index (χ1v) is 10.9. The lowest BCUT2D eigenvalue weighted by Crippen LogP contribution is -2.43. The van der Waals surface area contributed by atoms with Crippen molar-refractivity contribution in [3.05, 3.63) is 63.1 Å². The summed E-state index contributed by atoms with van der Waals surface area (Å²) >= 11 is 0. The Bertz CT molecular complexity index is 1060. The minimum absolute atomic E-state index is 0.00436. The molecule has 5 rings (SSSR count). The summed E-state index contributed by atoms with van der Waals surface area (Å²) in [6.45, 7) is 3.94. The van der Waals surface area contributed by atoms with Crippen LogP contribution in [0.1, 0.15) is 39.9 Å². The predicted octanol–water partition coefficient (Wildman–Crippen LogP) is 2.11. The van der Waals surface area contributed by atoms with E-state index < -0.39 is 5.41 Å². The number of aliphatic hydroxyl groups is 1. The molecule has 0 bridgehead atoms. The minimum Gasteiger partial charge on any atom is -0.396 e. The Balaban J connectivity index is 1.53. The maximum atomic E-state index is 13.5. The van der Waals surface area contributed by atoms with Gasteiger partial charge >= 0.3 is 0 Å². The second-order valence-corrected chi connectivity index (χ2v) is 9.06. The van der Waals surface area contributed by atoms with Gasteiger partial charge in [-0.05, 0) is 67.3 Å². The molecule has 2 aromatic rings. The van der Waals surface area contributed by atoms with E-state index in [4.69, 9.17) is 4.74 Å². The Hall–Kier alpha value is -2.44. The number of amides is 1. The summed E-state index contributed by atoms with van der Waals surface area (Å²) in [6, 6.07) is 7.94. The van der Waals surface area contributed by atoms with Crippen LogP contribution in [0.15, 0.2) is 35.3 Å². The Labute approximate surface area is 176 Å². The van der Waals surface area contributed by atoms with E-state index in [-0.39, 0.29) is 29.6 Å². The number of likely N-dealkylation sites (tertiary alicyclic amines) is 1. The first kappa shape index (κ1) is 19.5. The van der Waals surface area contributed by atoms with Crippen LogP contribution in [0.25, 0.3) is 5.69 Å². The molecular formula is C24H28N2O4. The van der Waals surface area contributed by atoms with Crippen molar-refractivity contribution < 1.29 is 14.6 Å². The number of rotatable bonds is 3. The van der Waals surface area contributed by atoms with Gasteiger partial charge < -0.3 is 14.7 Å². The van der Waals surface area contributed by atoms with Crippen molar-refractivity contribution in [3.8, 4) is 5.69 Å². The number of hydrogen-bond donors (Lipinski definition) is 1. The maximum absolute atomic E-state index is 13.5. The van der Waals surface area contributed by atoms with Gasteiger partial charge in [-0.25, -0.2) is 0 Å². The number of benzene rings is 1. The molecule has 158 valence electrons. The van der Waals surface area contributed by atoms with Crippen LogP contribution in [0.3, 0.4) is 0 Å². The number of carbonyl (C=O) groups is 1. The fraction of sp³-hybridized carbons (Fsp3) is 0.500. The van der Waals surface area contributed by atoms with Crippen LogP contribution in [0.2, 0.25) is 0 Å². The first-order valence-electron chi connectivity index (χ1n) is 10.9. The fourth-order valence-corrected chi connectivity index (χ4v) is 5.53. The van der Waals surface area contributed by atoms with E-state index in [0.717, 1.165) is 31.4 Å². The van der Waals surface area contributed by atoms with E-state index in [9.17, 15) is 14.7 Å². The van der Waals surface area contributed by atoms with Gasteiger partial charge in [0.1, 0.15) is 5.56 Å². The third-order valence-electron chi connectivity index (χ3n) is 7.31. The van der Waals surface area contributed by atoms with E-state index in [1.54, 1.807) is 15.7 Å². The second-order valence-electron chi connectivity index (χ2n) is 9.06. The number of pyridine rings is 1. The van der Waals surface area contributed by atoms with Gasteiger partial charge in [0, 0.05) is 31.3 Å². The number of aryl methyl sites for hydroxylation is 2. The lowest BCUT2D eigenvalue weighted by Gasteiger charge is -2.36. The molecule has 6 nitrogen and oxygen atoms in total. The van der Waals surface area contributed by atoms with Gasteiger partial charge in [0.2, 0.25) is 0 Å². The number of carbonyl (C=O) groups excluding carboxylic acids is 1. The Morgan fingerprint density at radius 3 is 2.97 bits per heavy atom. The third kappa shape index (κ3) is 2.93. The number of hydrogen-bond acceptors (Lipinski definition) is 4. The lowest BCUT2D eigenvalue weighted by atomic mass is 9.76. The quantitative estimate of drug-likeness (QED) is 0.844. The van der Waals surface area contributed by atoms with Crippen LogP contribution in [0.4, 0.5) is 0 Å². The lowest BCUT2D eigenvalue weighted by molar-refractivity contribution is -0.0557. The molecule has 0 saturated carbocycles. The van der Waals surface area contributed by atoms with Crippen LogP contribution in [-0.4, -0.2) is 53.4 Å². The highest BCUT2D eigenvalue weighted by molar-refractivity contribution is 5.95. The van der Waals surface area contributed by atoms with Crippen molar-refractivity contribution in [2.45, 2.75) is 32.6 Å². The summed E-state index contributed by atoms with van der Waals surface area (Å²) in [5.74, 6) is -0.0227. The predicted molar refractivity (Wildman–Crippen MR) is 113 cm³/mol. The highest BCUT2D eigenvalue weighted by Gasteiger charge is 2.49. The van der Waals surface area contributed by atoms with Crippen LogP contribution < -0.4 is 5.56 Å². The molecule has 1 aromatic carbocycles. The molecule has 1 aliphatic carbocycles. The number of aromatic nitrogens is 1. The summed E-state index contributed by atoms with van der Waals surface area (Å²) in [5, 5.41) is 10.0. The smallest absolute Gasteiger partial charge is 0.268 e. The summed E-state index contributed by atoms with van der Waals surface area (Å²) in [4.78, 5) is 28.7. The van der Waals surface area contributed by atoms with Crippen LogP contribution in [0.5, 0.6) is 0 Å². The molecule has 3 aliphatic rings. The second kappa shape index (κ2) is 7.36. The zero-order chi connectivity index (χ0) is 20.9. The summed E-state index contributed by atoms with van der Waals surface area (Å²) < 4.78 is 7.25. The van der Waals surface area contributed by atoms with E-state index in [0.29, 0.717) is 31.9 Å². The van der Waals surface area contributed by atoms with Crippen LogP contribution in [-0.2, 0) is 17.6 Å². The Kier molecular flexibility index (Phi) is 4.79. The van der Waals surface area contributed by atoms with Crippen LogP contribution >= 0.6 is 0 Å². The molecule has 0 radical (unpaired) electrons. The molecule has 2 saturated heterocycles. The molecule has 6 heteroatoms. The molecule has 0 spiro atoms. The van der Waals surface area contributed by atoms with Gasteiger partial charge in [0.05, 0.1) is 18.9 Å². The summed E-state index contributed by atoms with van der Waals surface area (Å²) in [6.07, 6.45) is 5.71. The molecule has 2 aliphatic heterocycles. The van der Waals surface area contributed by atoms with Gasteiger partial charge in [-0.2, -0.15) is 0 Å². The molecule has 1 aromatic heterocycles. The number of aliphatic hydroxyl groups excluding tert-OH is 1. The molecule has 2 atom stereocenters. The van der Waals surface area contributed by atoms with E-state index in [1.807, 2.05) is 25.1 Å². The normalized spacial score (nSPS) is 25.3. The number of fused-ring (bicyclic) bond motifs is 2. The summed E-state index contributed by atoms with van der Waals surface area (Å²) in [5.41, 5.74) is 3.66. The molecule has 0 unspecified atom stereocenters. The van der Waals surface area contributed by atoms with E-state index >= 15 is 0 Å². The van der Waals surface area contributed by atoms with Crippen molar-refractivity contribution in [2.75, 3.05) is 32.9 Å². The van der Waals surface area contributed by atoms with E-state index in [1.165, 1.54) is 11.1 Å². The first-order chi connectivity index (χ1) is 14.5. The third-order valence-corrected chi connectivity index (χ3v) is 7.31. The molecule has 1 N–H and O–H groups in total. The molecule has 30 heavy (non-hydrogen) atoms. The van der Waals surface area contributed by atoms with Crippen molar-refractivity contribution in [1.29, 1.82) is 0 Å². The standard InChI is InChI=1S/C24H28N2O4/c1-16-8-10-26(20-7-3-5-17-4-2-6-19(17)20)23(29)21(16)22(28)25-12-18-9-11-30-15-24(18,13-25)14-27/h3,5,7-8,10,18,27H,2,4,6,9,11-15H2,1H3/t18-,24+/m0/s1. The Morgan fingerprint density at radius 2 is 2.17 bits per heavy atom. The topological polar surface area (TPSA) is 71.8 Å². The van der Waals surface area contributed by atoms with Gasteiger partial charge in [-0.1, -0.05) is 12.1 Å². The highest BCUT2D eigenvalue weighted by Crippen LogP contribution is 2.41. The van der Waals surface area contributed by atoms with Crippen LogP contribution in [0, 0.1) is 18.3 Å². The molecular weight excluding hydrogens is 380 g/mol. The molecule has 1 amide bonds. The van der Waals surface area contributed by atoms with Crippen molar-refractivity contribution in [1.82, 2.24) is 9.47 Å². The largest absolute Gasteiger partial charge is 0.396 e. The van der Waals surface area contributed by atoms with Crippen molar-refractivity contribution >= 4 is 5.91 Å². The van der Waals surface area contributed by atoms with Gasteiger partial charge in [-0.3, -0.25) is 14.2 Å². The minimum atomic E-state index is -0.407. The SMILES string of the molecule is Cc1ccn(-c2cccc3c2CCC3)c(=O)c1C(=O)N1C[C@@H]2CCOC[C@]2(CO)C1. The van der Waals surface area contributed by atoms with Gasteiger partial charge in [0.15, 0.2) is 0 Å². The maximum Gasteiger partial charge on any atom is 0.268 e. The fourth-order valence-electron chi connectivity index (χ4n) is 5.53. The average molecular weight is 408 g/mol. The van der Waals surface area contributed by atoms with Crippen molar-refractivity contribution in [3.63, 3.8) is 0 Å². The number of ether oxygens (including phenoxy) is 1. The van der Waals surface area contributed by atoms with Gasteiger partial charge in [-0.15, -0.1) is 0 Å². The molecule has 2 fully saturated rings. The Morgan fingerprint density at radius 1 is 1.30 bits per heavy atom. The number of nitrogens with zero attached hydrogens (tertiary/aromatic N) is 2. The van der Waals surface area contributed by atoms with Crippen molar-refractivity contribution in [2.24, 2.45) is 11.3 Å². The average Bonchev–Trinajstić information content (AvgIpc) is 3.39. The molecule has 3 heterocycles. The highest BCUT2D eigenvalue weighted by atomic mass is 16.5. The zero-order valence-corrected chi connectivity index (χ0v) is 17.4. The van der Waals surface area contributed by atoms with Gasteiger partial charge in [0.25, 0.3) is 11.5 Å².